The van der Waals surface area contributed by atoms with E-state index in [0.29, 0.717) is 0 Å². The van der Waals surface area contributed by atoms with Crippen LogP contribution in [0.1, 0.15) is 0 Å². The Morgan fingerprint density at radius 3 is 2.60 bits per heavy atom. The van der Waals surface area contributed by atoms with E-state index in [1.165, 1.54) is 0 Å². The topological polar surface area (TPSA) is 48.1 Å². The zero-order valence-electron chi connectivity index (χ0n) is 5.58. The highest BCUT2D eigenvalue weighted by molar-refractivity contribution is 5.76. The van der Waals surface area contributed by atoms with Crippen LogP contribution in [0.25, 0.3) is 11.0 Å². The van der Waals surface area contributed by atoms with Gasteiger partial charge in [0.25, 0.3) is 0 Å². The summed E-state index contributed by atoms with van der Waals surface area (Å²) in [4.78, 5) is 0. The number of para-hydroxylation sites is 1. The van der Waals surface area contributed by atoms with Crippen molar-refractivity contribution in [2.24, 2.45) is 0 Å². The predicted octanol–water partition coefficient (Wildman–Crippen LogP) is 2.59. The van der Waals surface area contributed by atoms with Crippen molar-refractivity contribution in [1.29, 1.82) is 0 Å². The summed E-state index contributed by atoms with van der Waals surface area (Å²) in [5.74, 6) is 0. The molecule has 0 saturated heterocycles. The van der Waals surface area contributed by atoms with Crippen LogP contribution in [-0.4, -0.2) is 0 Å². The van der Waals surface area contributed by atoms with E-state index < -0.39 is 0 Å². The molecule has 1 aromatic carbocycles. The maximum absolute atomic E-state index is 5.12. The Labute approximate surface area is 59.0 Å². The lowest BCUT2D eigenvalue weighted by Crippen LogP contribution is -1.57. The normalized spacial score (nSPS) is 9.20. The average Bonchev–Trinajstić information content (AvgIpc) is 2.33. The van der Waals surface area contributed by atoms with Gasteiger partial charge in [-0.2, -0.15) is 0 Å². The highest BCUT2D eigenvalue weighted by atomic mass is 16.3. The SMILES string of the molecule is N.c1ccc2occc2c1. The molecule has 0 bridgehead atoms. The molecule has 0 saturated carbocycles. The largest absolute Gasteiger partial charge is 0.464 e. The van der Waals surface area contributed by atoms with E-state index in [-0.39, 0.29) is 6.15 Å². The lowest BCUT2D eigenvalue weighted by atomic mass is 10.3. The molecule has 0 amide bonds. The second-order valence-electron chi connectivity index (χ2n) is 1.96. The fourth-order valence-corrected chi connectivity index (χ4v) is 0.906. The molecule has 0 aliphatic heterocycles. The second kappa shape index (κ2) is 2.54. The summed E-state index contributed by atoms with van der Waals surface area (Å²) in [5, 5.41) is 1.16. The molecule has 3 N–H and O–H groups in total. The molecule has 0 radical (unpaired) electrons. The quantitative estimate of drug-likeness (QED) is 0.603. The van der Waals surface area contributed by atoms with Gasteiger partial charge in [-0.25, -0.2) is 0 Å². The predicted molar refractivity (Wildman–Crippen MR) is 41.2 cm³/mol. The molecule has 1 heterocycles. The third-order valence-corrected chi connectivity index (χ3v) is 1.36. The fraction of sp³-hybridized carbons (Fsp3) is 0. The molecule has 0 unspecified atom stereocenters. The highest BCUT2D eigenvalue weighted by Crippen LogP contribution is 2.12. The molecule has 0 spiro atoms. The summed E-state index contributed by atoms with van der Waals surface area (Å²) in [6, 6.07) is 9.90. The molecule has 0 aliphatic carbocycles. The van der Waals surface area contributed by atoms with Crippen LogP contribution in [0, 0.1) is 0 Å². The Morgan fingerprint density at radius 2 is 1.80 bits per heavy atom. The van der Waals surface area contributed by atoms with E-state index in [4.69, 9.17) is 4.42 Å². The van der Waals surface area contributed by atoms with Crippen LogP contribution in [0.3, 0.4) is 0 Å². The fourth-order valence-electron chi connectivity index (χ4n) is 0.906. The number of hydrogen-bond donors (Lipinski definition) is 1. The van der Waals surface area contributed by atoms with Gasteiger partial charge in [0, 0.05) is 5.39 Å². The summed E-state index contributed by atoms with van der Waals surface area (Å²) >= 11 is 0. The average molecular weight is 135 g/mol. The third-order valence-electron chi connectivity index (χ3n) is 1.36. The van der Waals surface area contributed by atoms with Gasteiger partial charge >= 0.3 is 0 Å². The molecule has 0 aliphatic rings. The summed E-state index contributed by atoms with van der Waals surface area (Å²) in [7, 11) is 0. The first-order valence-corrected chi connectivity index (χ1v) is 2.89. The first-order valence-electron chi connectivity index (χ1n) is 2.89. The zero-order valence-corrected chi connectivity index (χ0v) is 5.58. The van der Waals surface area contributed by atoms with E-state index >= 15 is 0 Å². The second-order valence-corrected chi connectivity index (χ2v) is 1.96. The molecule has 2 nitrogen and oxygen atoms in total. The molecule has 0 fully saturated rings. The van der Waals surface area contributed by atoms with Gasteiger partial charge in [0.05, 0.1) is 6.26 Å². The third kappa shape index (κ3) is 0.890. The zero-order chi connectivity index (χ0) is 6.10. The van der Waals surface area contributed by atoms with Crippen LogP contribution in [0.2, 0.25) is 0 Å². The Morgan fingerprint density at radius 1 is 1.00 bits per heavy atom. The summed E-state index contributed by atoms with van der Waals surface area (Å²) in [5.41, 5.74) is 0.956. The number of benzene rings is 1. The first-order chi connectivity index (χ1) is 4.47. The lowest BCUT2D eigenvalue weighted by molar-refractivity contribution is 0.616. The van der Waals surface area contributed by atoms with Crippen LogP contribution in [0.5, 0.6) is 0 Å². The molecular weight excluding hydrogens is 126 g/mol. The molecule has 2 rings (SSSR count). The maximum Gasteiger partial charge on any atom is 0.133 e. The summed E-state index contributed by atoms with van der Waals surface area (Å²) in [6.45, 7) is 0. The van der Waals surface area contributed by atoms with Crippen molar-refractivity contribution < 1.29 is 4.42 Å². The van der Waals surface area contributed by atoms with Crippen LogP contribution < -0.4 is 6.15 Å². The first kappa shape index (κ1) is 6.83. The molecular formula is C8H9NO. The van der Waals surface area contributed by atoms with Crippen molar-refractivity contribution >= 4 is 11.0 Å². The minimum absolute atomic E-state index is 0. The van der Waals surface area contributed by atoms with Gasteiger partial charge in [0.2, 0.25) is 0 Å². The van der Waals surface area contributed by atoms with E-state index in [1.807, 2.05) is 30.3 Å². The van der Waals surface area contributed by atoms with Gasteiger partial charge in [-0.3, -0.25) is 0 Å². The number of hydrogen-bond acceptors (Lipinski definition) is 2. The van der Waals surface area contributed by atoms with E-state index in [0.717, 1.165) is 11.0 Å². The van der Waals surface area contributed by atoms with Crippen LogP contribution >= 0.6 is 0 Å². The number of rotatable bonds is 0. The lowest BCUT2D eigenvalue weighted by Gasteiger charge is -1.81. The molecule has 2 heteroatoms. The van der Waals surface area contributed by atoms with Gasteiger partial charge in [-0.15, -0.1) is 0 Å². The van der Waals surface area contributed by atoms with Gasteiger partial charge < -0.3 is 10.6 Å². The van der Waals surface area contributed by atoms with Crippen LogP contribution in [0.15, 0.2) is 41.0 Å². The molecule has 0 atom stereocenters. The van der Waals surface area contributed by atoms with Crippen molar-refractivity contribution in [1.82, 2.24) is 6.15 Å². The minimum Gasteiger partial charge on any atom is -0.464 e. The highest BCUT2D eigenvalue weighted by Gasteiger charge is 1.89. The van der Waals surface area contributed by atoms with Crippen molar-refractivity contribution in [3.63, 3.8) is 0 Å². The smallest absolute Gasteiger partial charge is 0.133 e. The Balaban J connectivity index is 0.000000500. The minimum atomic E-state index is 0. The standard InChI is InChI=1S/C8H6O.H3N/c1-2-4-8-7(3-1)5-6-9-8;/h1-6H;1H3. The molecule has 52 valence electrons. The summed E-state index contributed by atoms with van der Waals surface area (Å²) in [6.07, 6.45) is 1.70. The van der Waals surface area contributed by atoms with Crippen LogP contribution in [-0.2, 0) is 0 Å². The van der Waals surface area contributed by atoms with Crippen molar-refractivity contribution in [3.05, 3.63) is 36.6 Å². The Hall–Kier alpha value is -1.28. The van der Waals surface area contributed by atoms with E-state index in [1.54, 1.807) is 6.26 Å². The number of furan rings is 1. The monoisotopic (exact) mass is 135 g/mol. The summed E-state index contributed by atoms with van der Waals surface area (Å²) < 4.78 is 5.12. The van der Waals surface area contributed by atoms with Crippen LogP contribution in [0.4, 0.5) is 0 Å². The van der Waals surface area contributed by atoms with Gasteiger partial charge in [0.1, 0.15) is 5.58 Å². The Bertz CT molecular complexity index is 283. The Kier molecular flexibility index (Phi) is 1.73. The van der Waals surface area contributed by atoms with Gasteiger partial charge in [0.15, 0.2) is 0 Å². The van der Waals surface area contributed by atoms with Gasteiger partial charge in [-0.1, -0.05) is 18.2 Å². The van der Waals surface area contributed by atoms with Crippen molar-refractivity contribution in [3.8, 4) is 0 Å². The maximum atomic E-state index is 5.12. The van der Waals surface area contributed by atoms with Gasteiger partial charge in [-0.05, 0) is 12.1 Å². The molecule has 1 aromatic heterocycles. The van der Waals surface area contributed by atoms with E-state index in [2.05, 4.69) is 0 Å². The van der Waals surface area contributed by atoms with Crippen molar-refractivity contribution in [2.45, 2.75) is 0 Å². The molecule has 2 aromatic rings. The number of fused-ring (bicyclic) bond motifs is 1. The van der Waals surface area contributed by atoms with Crippen molar-refractivity contribution in [2.75, 3.05) is 0 Å². The molecule has 10 heavy (non-hydrogen) atoms. The van der Waals surface area contributed by atoms with E-state index in [9.17, 15) is 0 Å².